The molecular weight excluding hydrogens is 1280 g/mol. The first kappa shape index (κ1) is 77.2. The van der Waals surface area contributed by atoms with Crippen molar-refractivity contribution in [1.82, 2.24) is 4.72 Å². The number of aliphatic hydroxyl groups excluding tert-OH is 3. The molecule has 1 heterocycles. The van der Waals surface area contributed by atoms with E-state index in [0.717, 1.165) is 154 Å². The first-order valence-corrected chi connectivity index (χ1v) is 39.6. The van der Waals surface area contributed by atoms with Crippen LogP contribution >= 0.6 is 0 Å². The summed E-state index contributed by atoms with van der Waals surface area (Å²) in [5.41, 5.74) is 31.8. The number of epoxide rings is 1. The normalized spacial score (nSPS) is 21.3. The Kier molecular flexibility index (Phi) is 28.2. The standard InChI is InChI=1S/C20H25NO3S.C12H17NO.C12H14O.C12H16O.C12H14O.C12H14.C11H12O/c1-3-15-8-11-17(12-9-15)25(23,24)21-20-18-13-14(2)7-10-16(18)5-4-6-19(20)22;1-8-5-6-9-3-2-4-11(14)12(13)10(9)7-8;1-8-5-6-9-3-2-4-11-12(13-11)10(9)7-8;2*1-9-6-7-10-4-2-3-5-12(13)11(10)8-9;1-10-7-8-11-5-3-2-4-6-12(11)9-10;12-11-8-4-2-6-9-5-1-3-7-10(9)11/h7-13,19-22H,3-6H2,1-2H3;5-7,11-12,14H,2-4,13H2,1H3;5-7,11-12H,2-4H2,1H3;6-8,12-13H,2-5H2,1H3;6-8H,2-5H2,1H3;4,6-9H,2-3,5H2,1H3;1,3,5,7H,2,4,6,8H2/t19-,20-;11-,12-;11-,12+;;;;/m110..../s1. The minimum absolute atomic E-state index is 0.201. The van der Waals surface area contributed by atoms with E-state index in [1.807, 2.05) is 75.4 Å². The van der Waals surface area contributed by atoms with Gasteiger partial charge in [0.25, 0.3) is 0 Å². The lowest BCUT2D eigenvalue weighted by atomic mass is 9.96. The number of sulfonamides is 1. The summed E-state index contributed by atoms with van der Waals surface area (Å²) in [6.07, 6.45) is 30.2. The summed E-state index contributed by atoms with van der Waals surface area (Å²) >= 11 is 0. The van der Waals surface area contributed by atoms with Crippen LogP contribution in [0.4, 0.5) is 0 Å². The number of carbonyl (C=O) groups excluding carboxylic acids is 2. The summed E-state index contributed by atoms with van der Waals surface area (Å²) in [6.45, 7) is 14.5. The Labute approximate surface area is 609 Å². The summed E-state index contributed by atoms with van der Waals surface area (Å²) in [6, 6.07) is 52.7. The van der Waals surface area contributed by atoms with E-state index in [4.69, 9.17) is 10.5 Å². The van der Waals surface area contributed by atoms with Crippen LogP contribution in [0.25, 0.3) is 6.08 Å². The zero-order chi connectivity index (χ0) is 72.3. The van der Waals surface area contributed by atoms with Gasteiger partial charge in [0.2, 0.25) is 10.0 Å². The Hall–Kier alpha value is -7.45. The summed E-state index contributed by atoms with van der Waals surface area (Å²) < 4.78 is 34.0. The van der Waals surface area contributed by atoms with E-state index in [1.165, 1.54) is 117 Å². The van der Waals surface area contributed by atoms with Gasteiger partial charge in [-0.1, -0.05) is 198 Å². The number of aliphatic hydroxyl groups is 3. The van der Waals surface area contributed by atoms with E-state index in [0.29, 0.717) is 30.2 Å². The number of nitrogens with two attached hydrogens (primary N) is 1. The maximum atomic E-state index is 12.8. The van der Waals surface area contributed by atoms with Gasteiger partial charge in [-0.25, -0.2) is 13.1 Å². The van der Waals surface area contributed by atoms with Crippen molar-refractivity contribution in [2.45, 2.75) is 256 Å². The lowest BCUT2D eigenvalue weighted by molar-refractivity contribution is 0.0974. The first-order chi connectivity index (χ1) is 49.2. The number of carbonyl (C=O) groups is 2. The minimum atomic E-state index is -3.70. The maximum absolute atomic E-state index is 12.8. The van der Waals surface area contributed by atoms with Crippen molar-refractivity contribution in [3.05, 3.63) is 281 Å². The number of allylic oxidation sites excluding steroid dienone is 1. The fraction of sp³-hybridized carbons (Fsp3) is 0.429. The molecule has 1 aliphatic heterocycles. The van der Waals surface area contributed by atoms with Crippen LogP contribution in [0.2, 0.25) is 0 Å². The number of benzene rings is 8. The third-order valence-corrected chi connectivity index (χ3v) is 22.8. The Bertz CT molecular complexity index is 4220. The number of Topliss-reactive ketones (excluding diaryl/α,β-unsaturated/α-hetero) is 2. The van der Waals surface area contributed by atoms with Gasteiger partial charge in [-0.05, 0) is 273 Å². The molecule has 1 fully saturated rings. The van der Waals surface area contributed by atoms with Crippen LogP contribution < -0.4 is 10.5 Å². The van der Waals surface area contributed by atoms with Crippen LogP contribution in [-0.4, -0.2) is 53.6 Å². The van der Waals surface area contributed by atoms with Gasteiger partial charge >= 0.3 is 0 Å². The Morgan fingerprint density at radius 1 is 0.441 bits per heavy atom. The second kappa shape index (κ2) is 37.3. The molecule has 11 heteroatoms. The van der Waals surface area contributed by atoms with Crippen molar-refractivity contribution in [3.8, 4) is 0 Å². The van der Waals surface area contributed by atoms with Gasteiger partial charge in [0.15, 0.2) is 11.6 Å². The van der Waals surface area contributed by atoms with Gasteiger partial charge in [-0.2, -0.15) is 0 Å². The van der Waals surface area contributed by atoms with Crippen LogP contribution in [0.3, 0.4) is 0 Å². The Balaban J connectivity index is 0.000000130. The predicted molar refractivity (Wildman–Crippen MR) is 416 cm³/mol. The van der Waals surface area contributed by atoms with Crippen molar-refractivity contribution >= 4 is 27.7 Å². The monoisotopic (exact) mass is 1390 g/mol. The van der Waals surface area contributed by atoms with E-state index in [1.54, 1.807) is 12.1 Å². The molecular formula is C91H112N2O8S. The third kappa shape index (κ3) is 21.6. The molecule has 7 atom stereocenters. The molecule has 8 aromatic rings. The predicted octanol–water partition coefficient (Wildman–Crippen LogP) is 19.3. The molecule has 16 rings (SSSR count). The highest BCUT2D eigenvalue weighted by atomic mass is 32.2. The van der Waals surface area contributed by atoms with Crippen molar-refractivity contribution in [3.63, 3.8) is 0 Å². The molecule has 0 aromatic heterocycles. The number of fused-ring (bicyclic) bond motifs is 9. The zero-order valence-electron chi connectivity index (χ0n) is 61.8. The summed E-state index contributed by atoms with van der Waals surface area (Å²) in [4.78, 5) is 23.4. The number of hydrogen-bond donors (Lipinski definition) is 5. The third-order valence-electron chi connectivity index (χ3n) is 21.4. The summed E-state index contributed by atoms with van der Waals surface area (Å²) in [5, 5.41) is 30.2. The van der Waals surface area contributed by atoms with Gasteiger partial charge in [0.05, 0.1) is 41.4 Å². The van der Waals surface area contributed by atoms with E-state index in [-0.39, 0.29) is 23.1 Å². The molecule has 7 aliphatic carbocycles. The molecule has 1 saturated heterocycles. The highest BCUT2D eigenvalue weighted by Crippen LogP contribution is 2.46. The van der Waals surface area contributed by atoms with Crippen molar-refractivity contribution in [2.75, 3.05) is 0 Å². The van der Waals surface area contributed by atoms with Gasteiger partial charge < -0.3 is 25.8 Å². The zero-order valence-corrected chi connectivity index (χ0v) is 62.6. The molecule has 1 unspecified atom stereocenters. The van der Waals surface area contributed by atoms with E-state index < -0.39 is 22.2 Å². The second-order valence-electron chi connectivity index (χ2n) is 29.7. The molecule has 102 heavy (non-hydrogen) atoms. The van der Waals surface area contributed by atoms with Crippen LogP contribution in [0.5, 0.6) is 0 Å². The minimum Gasteiger partial charge on any atom is -0.391 e. The Morgan fingerprint density at radius 3 is 1.55 bits per heavy atom. The quantitative estimate of drug-likeness (QED) is 0.0847. The fourth-order valence-electron chi connectivity index (χ4n) is 15.3. The molecule has 6 N–H and O–H groups in total. The molecule has 8 aliphatic rings. The number of ether oxygens (including phenoxy) is 1. The topological polar surface area (TPSA) is 180 Å². The fourth-order valence-corrected chi connectivity index (χ4v) is 16.5. The number of ketones is 2. The molecule has 540 valence electrons. The summed E-state index contributed by atoms with van der Waals surface area (Å²) in [7, 11) is -3.70. The average molecular weight is 1390 g/mol. The Morgan fingerprint density at radius 2 is 0.902 bits per heavy atom. The summed E-state index contributed by atoms with van der Waals surface area (Å²) in [5.74, 6) is 0.652. The van der Waals surface area contributed by atoms with Crippen LogP contribution in [-0.2, 0) is 66.1 Å². The van der Waals surface area contributed by atoms with Gasteiger partial charge in [0, 0.05) is 24.0 Å². The number of aryl methyl sites for hydroxylation is 14. The van der Waals surface area contributed by atoms with Gasteiger partial charge in [-0.3, -0.25) is 9.59 Å². The average Bonchev–Trinajstić information content (AvgIpc) is 1.68. The van der Waals surface area contributed by atoms with E-state index in [2.05, 4.69) is 136 Å². The molecule has 0 amide bonds. The lowest BCUT2D eigenvalue weighted by Gasteiger charge is -2.24. The van der Waals surface area contributed by atoms with Gasteiger partial charge in [-0.15, -0.1) is 0 Å². The first-order valence-electron chi connectivity index (χ1n) is 38.2. The van der Waals surface area contributed by atoms with E-state index >= 15 is 0 Å². The molecule has 0 radical (unpaired) electrons. The smallest absolute Gasteiger partial charge is 0.241 e. The highest BCUT2D eigenvalue weighted by molar-refractivity contribution is 7.89. The van der Waals surface area contributed by atoms with Crippen LogP contribution in [0, 0.1) is 41.5 Å². The van der Waals surface area contributed by atoms with Crippen molar-refractivity contribution in [1.29, 1.82) is 0 Å². The second-order valence-corrected chi connectivity index (χ2v) is 31.4. The largest absolute Gasteiger partial charge is 0.391 e. The molecule has 10 nitrogen and oxygen atoms in total. The van der Waals surface area contributed by atoms with Crippen molar-refractivity contribution < 1.29 is 38.1 Å². The molecule has 0 saturated carbocycles. The molecule has 0 bridgehead atoms. The number of nitrogens with one attached hydrogen (secondary N) is 1. The van der Waals surface area contributed by atoms with Crippen LogP contribution in [0.1, 0.15) is 267 Å². The lowest BCUT2D eigenvalue weighted by Crippen LogP contribution is -2.36. The number of rotatable bonds is 4. The van der Waals surface area contributed by atoms with E-state index in [9.17, 15) is 33.3 Å². The van der Waals surface area contributed by atoms with Crippen LogP contribution in [0.15, 0.2) is 169 Å². The maximum Gasteiger partial charge on any atom is 0.241 e. The SMILES string of the molecule is CCc1ccc(S(=O)(=O)N[C@@H]2c3cc(C)ccc3CCC[C@H]2O)cc1.Cc1ccc2c(c1)C(=O)CCCC2.Cc1ccc2c(c1)C(O)CCCC2.Cc1ccc2c(c1)C=CCCC2.Cc1ccc2c(c1)[C@@H](N)[C@H](O)CCC2.Cc1ccc2c(c1)[C@H]1O[C@H]1CCC2.O=C1CCCCc2ccccc21. The van der Waals surface area contributed by atoms with Crippen molar-refractivity contribution in [2.24, 2.45) is 5.73 Å². The molecule has 8 aromatic carbocycles. The molecule has 0 spiro atoms. The number of hydrogen-bond acceptors (Lipinski definition) is 9. The van der Waals surface area contributed by atoms with Gasteiger partial charge in [0.1, 0.15) is 6.10 Å². The highest BCUT2D eigenvalue weighted by Gasteiger charge is 2.42.